The molecule has 1 aliphatic heterocycles. The second-order valence-corrected chi connectivity index (χ2v) is 8.08. The Morgan fingerprint density at radius 2 is 2.00 bits per heavy atom. The van der Waals surface area contributed by atoms with Crippen LogP contribution in [0, 0.1) is 6.92 Å². The number of fused-ring (bicyclic) bond motifs is 1. The molecule has 1 N–H and O–H groups in total. The monoisotopic (exact) mass is 376 g/mol. The van der Waals surface area contributed by atoms with E-state index in [1.165, 1.54) is 16.8 Å². The number of anilines is 1. The molecule has 28 heavy (non-hydrogen) atoms. The fourth-order valence-corrected chi connectivity index (χ4v) is 4.01. The van der Waals surface area contributed by atoms with Crippen LogP contribution in [0.15, 0.2) is 47.7 Å². The van der Waals surface area contributed by atoms with E-state index in [4.69, 9.17) is 0 Å². The third kappa shape index (κ3) is 3.84. The second kappa shape index (κ2) is 7.58. The third-order valence-corrected chi connectivity index (χ3v) is 5.04. The molecule has 0 saturated carbocycles. The zero-order valence-electron chi connectivity index (χ0n) is 17.4. The lowest BCUT2D eigenvalue weighted by atomic mass is 9.86. The molecule has 2 aromatic rings. The van der Waals surface area contributed by atoms with Gasteiger partial charge < -0.3 is 4.90 Å². The van der Waals surface area contributed by atoms with Gasteiger partial charge in [0.25, 0.3) is 5.91 Å². The van der Waals surface area contributed by atoms with Crippen molar-refractivity contribution in [2.75, 3.05) is 4.90 Å². The van der Waals surface area contributed by atoms with E-state index in [0.29, 0.717) is 11.7 Å². The molecule has 0 radical (unpaired) electrons. The van der Waals surface area contributed by atoms with Crippen LogP contribution in [-0.4, -0.2) is 28.7 Å². The van der Waals surface area contributed by atoms with Gasteiger partial charge in [-0.05, 0) is 82.5 Å². The summed E-state index contributed by atoms with van der Waals surface area (Å²) in [6, 6.07) is 9.96. The fraction of sp³-hybridized carbons (Fsp3) is 0.348. The van der Waals surface area contributed by atoms with E-state index in [2.05, 4.69) is 80.2 Å². The van der Waals surface area contributed by atoms with E-state index in [1.807, 2.05) is 0 Å². The number of aromatic nitrogens is 1. The van der Waals surface area contributed by atoms with Crippen LogP contribution in [0.2, 0.25) is 0 Å². The second-order valence-electron chi connectivity index (χ2n) is 8.08. The molecule has 0 saturated heterocycles. The molecule has 5 heteroatoms. The first kappa shape index (κ1) is 19.8. The number of carbonyl (C=O) groups excluding carboxylic acids is 1. The maximum absolute atomic E-state index is 12.1. The van der Waals surface area contributed by atoms with Crippen molar-refractivity contribution in [1.29, 1.82) is 0 Å². The minimum atomic E-state index is -0.323. The van der Waals surface area contributed by atoms with Crippen LogP contribution in [0.4, 0.5) is 5.69 Å². The van der Waals surface area contributed by atoms with Crippen LogP contribution in [0.25, 0.3) is 5.57 Å². The lowest BCUT2D eigenvalue weighted by molar-refractivity contribution is 0.0950. The molecule has 0 aliphatic carbocycles. The first-order valence-corrected chi connectivity index (χ1v) is 9.59. The Kier molecular flexibility index (Phi) is 5.36. The van der Waals surface area contributed by atoms with E-state index >= 15 is 0 Å². The number of benzene rings is 1. The summed E-state index contributed by atoms with van der Waals surface area (Å²) in [6.45, 7) is 13.2. The van der Waals surface area contributed by atoms with Gasteiger partial charge in [0.1, 0.15) is 5.69 Å². The third-order valence-electron chi connectivity index (χ3n) is 5.04. The summed E-state index contributed by atoms with van der Waals surface area (Å²) in [5.74, 6) is -0.323. The quantitative estimate of drug-likeness (QED) is 0.628. The van der Waals surface area contributed by atoms with E-state index in [0.717, 1.165) is 11.1 Å². The molecular formula is C23H28N4O. The highest BCUT2D eigenvalue weighted by molar-refractivity contribution is 5.94. The first-order chi connectivity index (χ1) is 13.2. The highest BCUT2D eigenvalue weighted by Crippen LogP contribution is 2.41. The number of pyridine rings is 1. The molecule has 146 valence electrons. The Morgan fingerprint density at radius 3 is 2.64 bits per heavy atom. The summed E-state index contributed by atoms with van der Waals surface area (Å²) in [6.07, 6.45) is 5.60. The first-order valence-electron chi connectivity index (χ1n) is 9.59. The van der Waals surface area contributed by atoms with E-state index in [9.17, 15) is 4.79 Å². The molecule has 0 bridgehead atoms. The largest absolute Gasteiger partial charge is 0.360 e. The number of aryl methyl sites for hydroxylation is 1. The van der Waals surface area contributed by atoms with Crippen molar-refractivity contribution in [3.8, 4) is 0 Å². The standard InChI is InChI=1S/C23H28N4O/c1-15(2)27-21-11-16(3)18(12-19(21)17(4)13-23(27,5)6)14-25-26-22(28)20-9-7-8-10-24-20/h7-15H,1-6H3,(H,26,28)/b25-14+. The predicted molar refractivity (Wildman–Crippen MR) is 116 cm³/mol. The van der Waals surface area contributed by atoms with Gasteiger partial charge in [0.15, 0.2) is 0 Å². The minimum absolute atomic E-state index is 0.0377. The number of amides is 1. The van der Waals surface area contributed by atoms with Crippen molar-refractivity contribution in [3.63, 3.8) is 0 Å². The van der Waals surface area contributed by atoms with Crippen LogP contribution < -0.4 is 10.3 Å². The maximum atomic E-state index is 12.1. The van der Waals surface area contributed by atoms with Crippen LogP contribution in [0.5, 0.6) is 0 Å². The number of nitrogens with one attached hydrogen (secondary N) is 1. The lowest BCUT2D eigenvalue weighted by Gasteiger charge is -2.46. The smallest absolute Gasteiger partial charge is 0.289 e. The van der Waals surface area contributed by atoms with Crippen molar-refractivity contribution < 1.29 is 4.79 Å². The Hall–Kier alpha value is -2.95. The van der Waals surface area contributed by atoms with Gasteiger partial charge in [0.05, 0.1) is 11.8 Å². The van der Waals surface area contributed by atoms with Crippen molar-refractivity contribution in [2.24, 2.45) is 5.10 Å². The van der Waals surface area contributed by atoms with Crippen LogP contribution in [-0.2, 0) is 0 Å². The van der Waals surface area contributed by atoms with Gasteiger partial charge in [-0.2, -0.15) is 5.10 Å². The maximum Gasteiger partial charge on any atom is 0.289 e. The summed E-state index contributed by atoms with van der Waals surface area (Å²) in [5, 5.41) is 4.14. The number of carbonyl (C=O) groups is 1. The Balaban J connectivity index is 1.89. The SMILES string of the molecule is CC1=CC(C)(C)N(C(C)C)c2cc(C)c(/C=N/NC(=O)c3ccccn3)cc21. The van der Waals surface area contributed by atoms with Crippen LogP contribution in [0.3, 0.4) is 0 Å². The molecule has 1 aliphatic rings. The Labute approximate surface area is 167 Å². The Bertz CT molecular complexity index is 943. The topological polar surface area (TPSA) is 57.6 Å². The average Bonchev–Trinajstić information content (AvgIpc) is 2.62. The van der Waals surface area contributed by atoms with E-state index in [1.54, 1.807) is 30.6 Å². The van der Waals surface area contributed by atoms with Gasteiger partial charge in [0.2, 0.25) is 0 Å². The van der Waals surface area contributed by atoms with Gasteiger partial charge in [-0.1, -0.05) is 12.1 Å². The molecule has 2 heterocycles. The highest BCUT2D eigenvalue weighted by atomic mass is 16.2. The molecule has 0 fully saturated rings. The summed E-state index contributed by atoms with van der Waals surface area (Å²) in [7, 11) is 0. The van der Waals surface area contributed by atoms with Crippen LogP contribution in [0.1, 0.15) is 61.8 Å². The molecule has 0 spiro atoms. The van der Waals surface area contributed by atoms with Crippen LogP contribution >= 0.6 is 0 Å². The fourth-order valence-electron chi connectivity index (χ4n) is 4.01. The molecule has 0 unspecified atom stereocenters. The van der Waals surface area contributed by atoms with Crippen molar-refractivity contribution in [2.45, 2.75) is 53.1 Å². The number of rotatable bonds is 4. The molecule has 5 nitrogen and oxygen atoms in total. The lowest BCUT2D eigenvalue weighted by Crippen LogP contribution is -2.49. The number of allylic oxidation sites excluding steroid dienone is 1. The summed E-state index contributed by atoms with van der Waals surface area (Å²) in [4.78, 5) is 18.6. The summed E-state index contributed by atoms with van der Waals surface area (Å²) < 4.78 is 0. The zero-order chi connectivity index (χ0) is 20.5. The van der Waals surface area contributed by atoms with Gasteiger partial charge in [0, 0.05) is 23.5 Å². The molecule has 3 rings (SSSR count). The van der Waals surface area contributed by atoms with Crippen molar-refractivity contribution in [1.82, 2.24) is 10.4 Å². The molecule has 1 aromatic carbocycles. The highest BCUT2D eigenvalue weighted by Gasteiger charge is 2.33. The van der Waals surface area contributed by atoms with Gasteiger partial charge in [-0.3, -0.25) is 9.78 Å². The van der Waals surface area contributed by atoms with Gasteiger partial charge in [-0.15, -0.1) is 0 Å². The summed E-state index contributed by atoms with van der Waals surface area (Å²) >= 11 is 0. The Morgan fingerprint density at radius 1 is 1.25 bits per heavy atom. The number of hydrogen-bond donors (Lipinski definition) is 1. The minimum Gasteiger partial charge on any atom is -0.360 e. The molecule has 1 aromatic heterocycles. The zero-order valence-corrected chi connectivity index (χ0v) is 17.4. The summed E-state index contributed by atoms with van der Waals surface area (Å²) in [5.41, 5.74) is 8.65. The van der Waals surface area contributed by atoms with E-state index < -0.39 is 0 Å². The number of hydrazone groups is 1. The van der Waals surface area contributed by atoms with Gasteiger partial charge >= 0.3 is 0 Å². The van der Waals surface area contributed by atoms with E-state index in [-0.39, 0.29) is 11.4 Å². The van der Waals surface area contributed by atoms with Crippen molar-refractivity contribution >= 4 is 23.4 Å². The average molecular weight is 377 g/mol. The molecule has 0 atom stereocenters. The predicted octanol–water partition coefficient (Wildman–Crippen LogP) is 4.56. The molecule has 1 amide bonds. The number of hydrogen-bond acceptors (Lipinski definition) is 4. The van der Waals surface area contributed by atoms with Crippen molar-refractivity contribution in [3.05, 3.63) is 65.0 Å². The van der Waals surface area contributed by atoms with Gasteiger partial charge in [-0.25, -0.2) is 5.43 Å². The number of nitrogens with zero attached hydrogens (tertiary/aromatic N) is 3. The molecular weight excluding hydrogens is 348 g/mol. The normalized spacial score (nSPS) is 15.5.